The van der Waals surface area contributed by atoms with E-state index in [1.807, 2.05) is 0 Å². The summed E-state index contributed by atoms with van der Waals surface area (Å²) < 4.78 is 25.3. The largest absolute Gasteiger partial charge is 0.358 e. The van der Waals surface area contributed by atoms with Crippen LogP contribution in [-0.2, 0) is 14.8 Å². The Kier molecular flexibility index (Phi) is 3.72. The molecule has 2 rings (SSSR count). The van der Waals surface area contributed by atoms with E-state index in [1.165, 1.54) is 19.3 Å². The van der Waals surface area contributed by atoms with Crippen molar-refractivity contribution in [2.75, 3.05) is 26.0 Å². The van der Waals surface area contributed by atoms with Gasteiger partial charge in [-0.1, -0.05) is 0 Å². The number of sulfonamides is 1. The van der Waals surface area contributed by atoms with Crippen LogP contribution in [0.2, 0.25) is 0 Å². The van der Waals surface area contributed by atoms with Crippen LogP contribution in [0.1, 0.15) is 6.42 Å². The maximum absolute atomic E-state index is 11.7. The molecule has 1 fully saturated rings. The molecule has 1 aliphatic heterocycles. The third kappa shape index (κ3) is 2.85. The molecule has 19 heavy (non-hydrogen) atoms. The molecule has 0 saturated carbocycles. The van der Waals surface area contributed by atoms with Crippen LogP contribution in [0.15, 0.2) is 23.2 Å². The number of hydrogen-bond acceptors (Lipinski definition) is 5. The molecule has 8 heteroatoms. The molecule has 0 bridgehead atoms. The highest BCUT2D eigenvalue weighted by atomic mass is 32.2. The van der Waals surface area contributed by atoms with Crippen molar-refractivity contribution < 1.29 is 13.2 Å². The number of likely N-dealkylation sites (N-methyl/N-ethyl adjacent to an activating group) is 1. The fourth-order valence-corrected chi connectivity index (χ4v) is 2.55. The first-order chi connectivity index (χ1) is 8.94. The summed E-state index contributed by atoms with van der Waals surface area (Å²) in [6, 6.07) is 2.71. The topological polar surface area (TPSA) is 91.4 Å². The Balaban J connectivity index is 2.10. The van der Waals surface area contributed by atoms with Gasteiger partial charge in [-0.15, -0.1) is 0 Å². The molecule has 1 aromatic heterocycles. The summed E-state index contributed by atoms with van der Waals surface area (Å²) >= 11 is 0. The standard InChI is InChI=1S/C11H16N4O3S/c1-12-19(17,18)8-3-4-10(13-7-8)14-9-5-6-15(2)11(9)16/h3-4,7,9,12H,5-6H2,1-2H3,(H,13,14). The molecule has 0 spiro atoms. The minimum Gasteiger partial charge on any atom is -0.358 e. The van der Waals surface area contributed by atoms with Gasteiger partial charge in [-0.25, -0.2) is 18.1 Å². The Labute approximate surface area is 112 Å². The number of nitrogens with zero attached hydrogens (tertiary/aromatic N) is 2. The predicted molar refractivity (Wildman–Crippen MR) is 70.1 cm³/mol. The lowest BCUT2D eigenvalue weighted by Gasteiger charge is -2.12. The molecule has 1 aliphatic rings. The fourth-order valence-electron chi connectivity index (χ4n) is 1.88. The van der Waals surface area contributed by atoms with Gasteiger partial charge >= 0.3 is 0 Å². The summed E-state index contributed by atoms with van der Waals surface area (Å²) in [6.45, 7) is 0.711. The Morgan fingerprint density at radius 2 is 2.16 bits per heavy atom. The number of carbonyl (C=O) groups excluding carboxylic acids is 1. The number of amides is 1. The quantitative estimate of drug-likeness (QED) is 0.787. The van der Waals surface area contributed by atoms with E-state index in [0.29, 0.717) is 18.8 Å². The number of likely N-dealkylation sites (tertiary alicyclic amines) is 1. The summed E-state index contributed by atoms with van der Waals surface area (Å²) in [7, 11) is -0.385. The maximum atomic E-state index is 11.7. The maximum Gasteiger partial charge on any atom is 0.244 e. The zero-order valence-corrected chi connectivity index (χ0v) is 11.6. The Bertz CT molecular complexity index is 570. The molecule has 2 heterocycles. The highest BCUT2D eigenvalue weighted by Gasteiger charge is 2.29. The van der Waals surface area contributed by atoms with Gasteiger partial charge in [0.15, 0.2) is 0 Å². The van der Waals surface area contributed by atoms with E-state index in [9.17, 15) is 13.2 Å². The molecule has 1 atom stereocenters. The van der Waals surface area contributed by atoms with Crippen molar-refractivity contribution in [2.24, 2.45) is 0 Å². The normalized spacial score (nSPS) is 19.8. The van der Waals surface area contributed by atoms with Crippen molar-refractivity contribution in [3.63, 3.8) is 0 Å². The van der Waals surface area contributed by atoms with Gasteiger partial charge in [-0.3, -0.25) is 4.79 Å². The van der Waals surface area contributed by atoms with Crippen LogP contribution >= 0.6 is 0 Å². The first-order valence-corrected chi connectivity index (χ1v) is 7.33. The smallest absolute Gasteiger partial charge is 0.244 e. The van der Waals surface area contributed by atoms with Crippen LogP contribution in [0.3, 0.4) is 0 Å². The predicted octanol–water partition coefficient (Wildman–Crippen LogP) is -0.368. The number of anilines is 1. The molecule has 1 amide bonds. The van der Waals surface area contributed by atoms with Gasteiger partial charge in [0.2, 0.25) is 15.9 Å². The molecule has 0 radical (unpaired) electrons. The van der Waals surface area contributed by atoms with Gasteiger partial charge in [0.25, 0.3) is 0 Å². The first-order valence-electron chi connectivity index (χ1n) is 5.85. The zero-order chi connectivity index (χ0) is 14.0. The zero-order valence-electron chi connectivity index (χ0n) is 10.8. The molecule has 0 aromatic carbocycles. The average Bonchev–Trinajstić information content (AvgIpc) is 2.71. The van der Waals surface area contributed by atoms with Crippen LogP contribution in [0.25, 0.3) is 0 Å². The SMILES string of the molecule is CNS(=O)(=O)c1ccc(NC2CCN(C)C2=O)nc1. The first kappa shape index (κ1) is 13.8. The van der Waals surface area contributed by atoms with Crippen LogP contribution in [0, 0.1) is 0 Å². The lowest BCUT2D eigenvalue weighted by molar-refractivity contribution is -0.127. The second-order valence-electron chi connectivity index (χ2n) is 4.33. The van der Waals surface area contributed by atoms with Gasteiger partial charge in [0.1, 0.15) is 16.8 Å². The van der Waals surface area contributed by atoms with Crippen molar-refractivity contribution in [3.05, 3.63) is 18.3 Å². The summed E-state index contributed by atoms with van der Waals surface area (Å²) in [5.74, 6) is 0.512. The monoisotopic (exact) mass is 284 g/mol. The minimum atomic E-state index is -3.48. The van der Waals surface area contributed by atoms with E-state index in [2.05, 4.69) is 15.0 Å². The molecular weight excluding hydrogens is 268 g/mol. The highest BCUT2D eigenvalue weighted by molar-refractivity contribution is 7.89. The van der Waals surface area contributed by atoms with E-state index < -0.39 is 10.0 Å². The van der Waals surface area contributed by atoms with Gasteiger partial charge in [0.05, 0.1) is 0 Å². The second-order valence-corrected chi connectivity index (χ2v) is 6.22. The molecule has 7 nitrogen and oxygen atoms in total. The Hall–Kier alpha value is -1.67. The molecule has 104 valence electrons. The number of nitrogens with one attached hydrogen (secondary N) is 2. The molecular formula is C11H16N4O3S. The van der Waals surface area contributed by atoms with Crippen LogP contribution < -0.4 is 10.0 Å². The van der Waals surface area contributed by atoms with Gasteiger partial charge < -0.3 is 10.2 Å². The van der Waals surface area contributed by atoms with E-state index in [-0.39, 0.29) is 16.8 Å². The van der Waals surface area contributed by atoms with Crippen molar-refractivity contribution in [1.82, 2.24) is 14.6 Å². The molecule has 1 unspecified atom stereocenters. The van der Waals surface area contributed by atoms with E-state index in [4.69, 9.17) is 0 Å². The Morgan fingerprint density at radius 1 is 1.42 bits per heavy atom. The number of carbonyl (C=O) groups is 1. The number of aromatic nitrogens is 1. The lowest BCUT2D eigenvalue weighted by atomic mass is 10.2. The molecule has 1 aromatic rings. The average molecular weight is 284 g/mol. The van der Waals surface area contributed by atoms with Gasteiger partial charge in [-0.05, 0) is 25.6 Å². The van der Waals surface area contributed by atoms with Crippen molar-refractivity contribution in [3.8, 4) is 0 Å². The van der Waals surface area contributed by atoms with Crippen LogP contribution in [0.5, 0.6) is 0 Å². The summed E-state index contributed by atoms with van der Waals surface area (Å²) in [4.78, 5) is 17.5. The minimum absolute atomic E-state index is 0.0220. The van der Waals surface area contributed by atoms with Crippen LogP contribution in [-0.4, -0.2) is 50.9 Å². The summed E-state index contributed by atoms with van der Waals surface area (Å²) in [5.41, 5.74) is 0. The van der Waals surface area contributed by atoms with Crippen molar-refractivity contribution in [2.45, 2.75) is 17.4 Å². The molecule has 0 aliphatic carbocycles. The lowest BCUT2D eigenvalue weighted by Crippen LogP contribution is -2.31. The number of pyridine rings is 1. The van der Waals surface area contributed by atoms with E-state index in [0.717, 1.165) is 0 Å². The van der Waals surface area contributed by atoms with Gasteiger partial charge in [-0.2, -0.15) is 0 Å². The third-order valence-corrected chi connectivity index (χ3v) is 4.46. The summed E-state index contributed by atoms with van der Waals surface area (Å²) in [6.07, 6.45) is 1.98. The van der Waals surface area contributed by atoms with E-state index >= 15 is 0 Å². The third-order valence-electron chi connectivity index (χ3n) is 3.06. The van der Waals surface area contributed by atoms with Crippen LogP contribution in [0.4, 0.5) is 5.82 Å². The highest BCUT2D eigenvalue weighted by Crippen LogP contribution is 2.15. The fraction of sp³-hybridized carbons (Fsp3) is 0.455. The second kappa shape index (κ2) is 5.14. The van der Waals surface area contributed by atoms with Crippen molar-refractivity contribution >= 4 is 21.7 Å². The number of hydrogen-bond donors (Lipinski definition) is 2. The summed E-state index contributed by atoms with van der Waals surface area (Å²) in [5, 5.41) is 3.00. The molecule has 2 N–H and O–H groups in total. The van der Waals surface area contributed by atoms with Crippen molar-refractivity contribution in [1.29, 1.82) is 0 Å². The molecule has 1 saturated heterocycles. The van der Waals surface area contributed by atoms with E-state index in [1.54, 1.807) is 18.0 Å². The van der Waals surface area contributed by atoms with Gasteiger partial charge in [0, 0.05) is 19.8 Å². The Morgan fingerprint density at radius 3 is 2.63 bits per heavy atom. The number of rotatable bonds is 4.